The van der Waals surface area contributed by atoms with Gasteiger partial charge in [0, 0.05) is 26.2 Å². The summed E-state index contributed by atoms with van der Waals surface area (Å²) in [7, 11) is 0. The van der Waals surface area contributed by atoms with E-state index in [-0.39, 0.29) is 11.8 Å². The summed E-state index contributed by atoms with van der Waals surface area (Å²) in [4.78, 5) is 28.4. The third kappa shape index (κ3) is 2.08. The van der Waals surface area contributed by atoms with Crippen molar-refractivity contribution in [3.05, 3.63) is 35.4 Å². The van der Waals surface area contributed by atoms with Gasteiger partial charge in [0.2, 0.25) is 0 Å². The van der Waals surface area contributed by atoms with Gasteiger partial charge in [-0.05, 0) is 37.1 Å². The van der Waals surface area contributed by atoms with Crippen molar-refractivity contribution < 1.29 is 9.59 Å². The highest BCUT2D eigenvalue weighted by molar-refractivity contribution is 6.21. The minimum Gasteiger partial charge on any atom is -0.316 e. The quantitative estimate of drug-likeness (QED) is 0.819. The molecule has 0 aromatic heterocycles. The van der Waals surface area contributed by atoms with Gasteiger partial charge in [0.1, 0.15) is 0 Å². The number of amides is 2. The molecule has 0 radical (unpaired) electrons. The van der Waals surface area contributed by atoms with Crippen LogP contribution in [0.25, 0.3) is 0 Å². The number of fused-ring (bicyclic) bond motifs is 2. The summed E-state index contributed by atoms with van der Waals surface area (Å²) in [5.41, 5.74) is 1.09. The van der Waals surface area contributed by atoms with Crippen LogP contribution in [0.1, 0.15) is 20.7 Å². The molecule has 1 N–H and O–H groups in total. The SMILES string of the molecule is O=C1c2ccccc2C(=O)N1CCN1C[C@H]2CNC[C@H]2C1. The Morgan fingerprint density at radius 1 is 0.952 bits per heavy atom. The Labute approximate surface area is 123 Å². The van der Waals surface area contributed by atoms with Gasteiger partial charge in [-0.1, -0.05) is 12.1 Å². The lowest BCUT2D eigenvalue weighted by molar-refractivity contribution is 0.0639. The molecule has 21 heavy (non-hydrogen) atoms. The number of carbonyl (C=O) groups excluding carboxylic acids is 2. The van der Waals surface area contributed by atoms with Crippen LogP contribution in [-0.2, 0) is 0 Å². The molecule has 4 rings (SSSR count). The van der Waals surface area contributed by atoms with Crippen molar-refractivity contribution in [3.8, 4) is 0 Å². The number of benzene rings is 1. The molecule has 2 fully saturated rings. The highest BCUT2D eigenvalue weighted by atomic mass is 16.2. The maximum Gasteiger partial charge on any atom is 0.261 e. The summed E-state index contributed by atoms with van der Waals surface area (Å²) in [5.74, 6) is 1.20. The van der Waals surface area contributed by atoms with E-state index in [2.05, 4.69) is 10.2 Å². The van der Waals surface area contributed by atoms with Crippen LogP contribution in [0.2, 0.25) is 0 Å². The largest absolute Gasteiger partial charge is 0.316 e. The molecule has 2 saturated heterocycles. The summed E-state index contributed by atoms with van der Waals surface area (Å²) in [6, 6.07) is 7.09. The van der Waals surface area contributed by atoms with Gasteiger partial charge >= 0.3 is 0 Å². The van der Waals surface area contributed by atoms with Crippen molar-refractivity contribution >= 4 is 11.8 Å². The van der Waals surface area contributed by atoms with Crippen LogP contribution in [0.3, 0.4) is 0 Å². The fourth-order valence-electron chi connectivity index (χ4n) is 3.82. The van der Waals surface area contributed by atoms with Crippen LogP contribution in [0.4, 0.5) is 0 Å². The van der Waals surface area contributed by atoms with Crippen molar-refractivity contribution in [1.82, 2.24) is 15.1 Å². The van der Waals surface area contributed by atoms with Crippen LogP contribution in [0.15, 0.2) is 24.3 Å². The first-order valence-corrected chi connectivity index (χ1v) is 7.62. The maximum atomic E-state index is 12.3. The second-order valence-electron chi connectivity index (χ2n) is 6.25. The van der Waals surface area contributed by atoms with E-state index < -0.39 is 0 Å². The van der Waals surface area contributed by atoms with Gasteiger partial charge in [0.15, 0.2) is 0 Å². The van der Waals surface area contributed by atoms with E-state index in [9.17, 15) is 9.59 Å². The molecule has 0 aliphatic carbocycles. The molecule has 2 atom stereocenters. The molecule has 110 valence electrons. The Hall–Kier alpha value is -1.72. The molecular formula is C16H19N3O2. The second-order valence-corrected chi connectivity index (χ2v) is 6.25. The van der Waals surface area contributed by atoms with Crippen molar-refractivity contribution in [3.63, 3.8) is 0 Å². The number of imide groups is 1. The molecule has 0 saturated carbocycles. The second kappa shape index (κ2) is 4.93. The Balaban J connectivity index is 1.40. The minimum absolute atomic E-state index is 0.142. The topological polar surface area (TPSA) is 52.7 Å². The molecule has 3 aliphatic rings. The Morgan fingerprint density at radius 2 is 1.52 bits per heavy atom. The number of nitrogens with one attached hydrogen (secondary N) is 1. The van der Waals surface area contributed by atoms with Crippen LogP contribution < -0.4 is 5.32 Å². The van der Waals surface area contributed by atoms with Crippen LogP contribution in [0.5, 0.6) is 0 Å². The number of carbonyl (C=O) groups is 2. The van der Waals surface area contributed by atoms with Gasteiger partial charge < -0.3 is 10.2 Å². The first-order chi connectivity index (χ1) is 10.2. The van der Waals surface area contributed by atoms with E-state index in [1.807, 2.05) is 12.1 Å². The van der Waals surface area contributed by atoms with E-state index in [4.69, 9.17) is 0 Å². The fraction of sp³-hybridized carbons (Fsp3) is 0.500. The van der Waals surface area contributed by atoms with Crippen molar-refractivity contribution in [1.29, 1.82) is 0 Å². The maximum absolute atomic E-state index is 12.3. The smallest absolute Gasteiger partial charge is 0.261 e. The number of hydrogen-bond acceptors (Lipinski definition) is 4. The van der Waals surface area contributed by atoms with Crippen LogP contribution in [0, 0.1) is 11.8 Å². The van der Waals surface area contributed by atoms with Crippen LogP contribution in [-0.4, -0.2) is 60.9 Å². The highest BCUT2D eigenvalue weighted by Gasteiger charge is 2.38. The molecule has 1 aromatic carbocycles. The predicted molar refractivity (Wildman–Crippen MR) is 78.1 cm³/mol. The lowest BCUT2D eigenvalue weighted by Gasteiger charge is -2.20. The summed E-state index contributed by atoms with van der Waals surface area (Å²) < 4.78 is 0. The lowest BCUT2D eigenvalue weighted by atomic mass is 10.0. The van der Waals surface area contributed by atoms with E-state index >= 15 is 0 Å². The number of hydrogen-bond donors (Lipinski definition) is 1. The van der Waals surface area contributed by atoms with Crippen molar-refractivity contribution in [2.45, 2.75) is 0 Å². The molecule has 2 amide bonds. The molecule has 5 heteroatoms. The van der Waals surface area contributed by atoms with Gasteiger partial charge in [0.05, 0.1) is 11.1 Å². The first-order valence-electron chi connectivity index (χ1n) is 7.62. The van der Waals surface area contributed by atoms with Gasteiger partial charge in [-0.15, -0.1) is 0 Å². The van der Waals surface area contributed by atoms with Gasteiger partial charge in [-0.25, -0.2) is 0 Å². The molecular weight excluding hydrogens is 266 g/mol. The monoisotopic (exact) mass is 285 g/mol. The standard InChI is InChI=1S/C16H19N3O2/c20-15-13-3-1-2-4-14(13)16(21)19(15)6-5-18-9-11-7-17-8-12(11)10-18/h1-4,11-12,17H,5-10H2/t11-,12+. The van der Waals surface area contributed by atoms with E-state index in [1.54, 1.807) is 12.1 Å². The van der Waals surface area contributed by atoms with Crippen molar-refractivity contribution in [2.75, 3.05) is 39.3 Å². The molecule has 3 heterocycles. The molecule has 1 aromatic rings. The molecule has 0 bridgehead atoms. The summed E-state index contributed by atoms with van der Waals surface area (Å²) in [5, 5.41) is 3.42. The third-order valence-electron chi connectivity index (χ3n) is 4.98. The third-order valence-corrected chi connectivity index (χ3v) is 4.98. The zero-order chi connectivity index (χ0) is 14.4. The molecule has 3 aliphatic heterocycles. The Morgan fingerprint density at radius 3 is 2.10 bits per heavy atom. The Kier molecular flexibility index (Phi) is 3.05. The van der Waals surface area contributed by atoms with E-state index in [0.29, 0.717) is 17.7 Å². The van der Waals surface area contributed by atoms with E-state index in [0.717, 1.165) is 44.6 Å². The predicted octanol–water partition coefficient (Wildman–Crippen LogP) is 0.434. The average molecular weight is 285 g/mol. The number of rotatable bonds is 3. The van der Waals surface area contributed by atoms with E-state index in [1.165, 1.54) is 4.90 Å². The fourth-order valence-corrected chi connectivity index (χ4v) is 3.82. The van der Waals surface area contributed by atoms with Gasteiger partial charge in [0.25, 0.3) is 11.8 Å². The summed E-state index contributed by atoms with van der Waals surface area (Å²) in [6.07, 6.45) is 0. The first kappa shape index (κ1) is 13.0. The highest BCUT2D eigenvalue weighted by Crippen LogP contribution is 2.27. The molecule has 0 unspecified atom stereocenters. The molecule has 0 spiro atoms. The zero-order valence-electron chi connectivity index (χ0n) is 11.9. The summed E-state index contributed by atoms with van der Waals surface area (Å²) in [6.45, 7) is 5.67. The van der Waals surface area contributed by atoms with Gasteiger partial charge in [-0.2, -0.15) is 0 Å². The number of likely N-dealkylation sites (tertiary alicyclic amines) is 1. The minimum atomic E-state index is -0.142. The summed E-state index contributed by atoms with van der Waals surface area (Å²) >= 11 is 0. The van der Waals surface area contributed by atoms with Gasteiger partial charge in [-0.3, -0.25) is 14.5 Å². The zero-order valence-corrected chi connectivity index (χ0v) is 11.9. The normalized spacial score (nSPS) is 28.3. The Bertz CT molecular complexity index is 554. The van der Waals surface area contributed by atoms with Crippen molar-refractivity contribution in [2.24, 2.45) is 11.8 Å². The average Bonchev–Trinajstić information content (AvgIpc) is 3.13. The number of nitrogens with zero attached hydrogens (tertiary/aromatic N) is 2. The van der Waals surface area contributed by atoms with Crippen LogP contribution >= 0.6 is 0 Å². The molecule has 5 nitrogen and oxygen atoms in total. The lowest BCUT2D eigenvalue weighted by Crippen LogP contribution is -2.38.